The number of aliphatic hydroxyl groups excluding tert-OH is 1. The molecular formula is C24H23FN4O7S. The molecule has 0 saturated carbocycles. The second-order valence-corrected chi connectivity index (χ2v) is 9.20. The largest absolute Gasteiger partial charge is 0.414 e. The first-order valence-electron chi connectivity index (χ1n) is 10.9. The molecule has 37 heavy (non-hydrogen) atoms. The van der Waals surface area contributed by atoms with Gasteiger partial charge in [-0.25, -0.2) is 27.3 Å². The third kappa shape index (κ3) is 8.08. The lowest BCUT2D eigenvalue weighted by atomic mass is 10.1. The first-order chi connectivity index (χ1) is 17.7. The highest BCUT2D eigenvalue weighted by Gasteiger charge is 2.20. The molecule has 0 aliphatic rings. The summed E-state index contributed by atoms with van der Waals surface area (Å²) in [7, 11) is -4.33. The Hall–Kier alpha value is -4.36. The summed E-state index contributed by atoms with van der Waals surface area (Å²) in [6.07, 6.45) is 0.608. The van der Waals surface area contributed by atoms with Gasteiger partial charge >= 0.3 is 6.09 Å². The third-order valence-corrected chi connectivity index (χ3v) is 6.15. The van der Waals surface area contributed by atoms with Crippen molar-refractivity contribution in [3.8, 4) is 5.88 Å². The van der Waals surface area contributed by atoms with E-state index >= 15 is 0 Å². The topological polar surface area (TPSA) is 164 Å². The molecule has 1 aromatic heterocycles. The number of carbonyl (C=O) groups is 3. The van der Waals surface area contributed by atoms with Crippen LogP contribution in [0.4, 0.5) is 9.18 Å². The van der Waals surface area contributed by atoms with Crippen molar-refractivity contribution >= 4 is 27.9 Å². The van der Waals surface area contributed by atoms with Gasteiger partial charge in [-0.2, -0.15) is 0 Å². The first kappa shape index (κ1) is 27.2. The average Bonchev–Trinajstić information content (AvgIpc) is 2.88. The number of nitrogens with zero attached hydrogens (tertiary/aromatic N) is 1. The fourth-order valence-electron chi connectivity index (χ4n) is 2.98. The summed E-state index contributed by atoms with van der Waals surface area (Å²) in [5, 5.41) is 13.6. The minimum atomic E-state index is -4.33. The van der Waals surface area contributed by atoms with E-state index < -0.39 is 27.9 Å². The highest BCUT2D eigenvalue weighted by atomic mass is 32.2. The number of nitrogens with one attached hydrogen (secondary N) is 3. The molecule has 0 bridgehead atoms. The van der Waals surface area contributed by atoms with E-state index in [1.807, 2.05) is 4.72 Å². The van der Waals surface area contributed by atoms with E-state index in [0.717, 1.165) is 17.8 Å². The van der Waals surface area contributed by atoms with Gasteiger partial charge in [-0.3, -0.25) is 9.59 Å². The van der Waals surface area contributed by atoms with Crippen LogP contribution in [0, 0.1) is 5.82 Å². The van der Waals surface area contributed by atoms with Crippen LogP contribution in [0.5, 0.6) is 5.88 Å². The fourth-order valence-corrected chi connectivity index (χ4v) is 4.00. The first-order valence-corrected chi connectivity index (χ1v) is 12.4. The van der Waals surface area contributed by atoms with Gasteiger partial charge in [0.15, 0.2) is 0 Å². The zero-order valence-corrected chi connectivity index (χ0v) is 20.1. The minimum Gasteiger partial charge on any atom is -0.395 e. The maximum Gasteiger partial charge on any atom is 0.414 e. The van der Waals surface area contributed by atoms with Crippen molar-refractivity contribution in [1.29, 1.82) is 0 Å². The number of amides is 3. The predicted octanol–water partition coefficient (Wildman–Crippen LogP) is 1.39. The van der Waals surface area contributed by atoms with Crippen LogP contribution in [0.3, 0.4) is 0 Å². The summed E-state index contributed by atoms with van der Waals surface area (Å²) in [4.78, 5) is 39.8. The maximum absolute atomic E-state index is 13.0. The van der Waals surface area contributed by atoms with Crippen molar-refractivity contribution < 1.29 is 37.0 Å². The molecule has 2 aromatic carbocycles. The zero-order valence-electron chi connectivity index (χ0n) is 19.3. The lowest BCUT2D eigenvalue weighted by molar-refractivity contribution is 0.0952. The fraction of sp³-hybridized carbons (Fsp3) is 0.167. The summed E-state index contributed by atoms with van der Waals surface area (Å²) in [5.74, 6) is -2.02. The number of hydrogen-bond acceptors (Lipinski definition) is 8. The molecule has 0 spiro atoms. The summed E-state index contributed by atoms with van der Waals surface area (Å²) < 4.78 is 45.2. The second-order valence-electron chi connectivity index (χ2n) is 7.52. The van der Waals surface area contributed by atoms with Gasteiger partial charge in [-0.05, 0) is 48.4 Å². The van der Waals surface area contributed by atoms with Gasteiger partial charge in [-0.15, -0.1) is 0 Å². The van der Waals surface area contributed by atoms with Crippen molar-refractivity contribution in [2.24, 2.45) is 0 Å². The van der Waals surface area contributed by atoms with Gasteiger partial charge in [0.2, 0.25) is 5.88 Å². The Bertz CT molecular complexity index is 1360. The summed E-state index contributed by atoms with van der Waals surface area (Å²) in [6, 6.07) is 13.4. The Kier molecular flexibility index (Phi) is 9.24. The van der Waals surface area contributed by atoms with E-state index in [1.165, 1.54) is 42.5 Å². The second kappa shape index (κ2) is 12.6. The van der Waals surface area contributed by atoms with Crippen molar-refractivity contribution in [2.75, 3.05) is 19.7 Å². The lowest BCUT2D eigenvalue weighted by Gasteiger charge is -2.10. The van der Waals surface area contributed by atoms with Gasteiger partial charge in [0.05, 0.1) is 17.1 Å². The van der Waals surface area contributed by atoms with Crippen molar-refractivity contribution in [3.63, 3.8) is 0 Å². The molecule has 13 heteroatoms. The Balaban J connectivity index is 1.59. The van der Waals surface area contributed by atoms with Crippen LogP contribution in [-0.4, -0.2) is 56.1 Å². The van der Waals surface area contributed by atoms with Gasteiger partial charge in [0.1, 0.15) is 5.82 Å². The summed E-state index contributed by atoms with van der Waals surface area (Å²) in [6.45, 7) is -0.0504. The molecule has 0 radical (unpaired) electrons. The van der Waals surface area contributed by atoms with E-state index in [1.54, 1.807) is 12.1 Å². The Labute approximate surface area is 211 Å². The van der Waals surface area contributed by atoms with Crippen molar-refractivity contribution in [2.45, 2.75) is 11.3 Å². The molecule has 194 valence electrons. The number of pyridine rings is 1. The van der Waals surface area contributed by atoms with Crippen LogP contribution in [0.2, 0.25) is 0 Å². The average molecular weight is 531 g/mol. The van der Waals surface area contributed by atoms with Crippen LogP contribution in [-0.2, 0) is 16.4 Å². The number of carbonyl (C=O) groups excluding carboxylic acids is 3. The minimum absolute atomic E-state index is 0.0178. The monoisotopic (exact) mass is 530 g/mol. The number of aliphatic hydroxyl groups is 1. The molecule has 0 unspecified atom stereocenters. The van der Waals surface area contributed by atoms with Gasteiger partial charge in [0.25, 0.3) is 21.8 Å². The highest BCUT2D eigenvalue weighted by molar-refractivity contribution is 7.90. The summed E-state index contributed by atoms with van der Waals surface area (Å²) in [5.41, 5.74) is 0.762. The number of hydrogen-bond donors (Lipinski definition) is 4. The van der Waals surface area contributed by atoms with E-state index in [-0.39, 0.29) is 47.4 Å². The number of halogens is 1. The van der Waals surface area contributed by atoms with Crippen LogP contribution in [0.15, 0.2) is 71.8 Å². The van der Waals surface area contributed by atoms with E-state index in [9.17, 15) is 27.2 Å². The molecule has 0 atom stereocenters. The Morgan fingerprint density at radius 3 is 2.35 bits per heavy atom. The van der Waals surface area contributed by atoms with Crippen molar-refractivity contribution in [3.05, 3.63) is 89.4 Å². The van der Waals surface area contributed by atoms with Gasteiger partial charge in [0, 0.05) is 30.9 Å². The molecule has 0 aliphatic heterocycles. The molecule has 4 N–H and O–H groups in total. The predicted molar refractivity (Wildman–Crippen MR) is 129 cm³/mol. The van der Waals surface area contributed by atoms with E-state index in [2.05, 4.69) is 15.6 Å². The van der Waals surface area contributed by atoms with Crippen LogP contribution >= 0.6 is 0 Å². The Morgan fingerprint density at radius 1 is 0.919 bits per heavy atom. The lowest BCUT2D eigenvalue weighted by Crippen LogP contribution is -2.31. The van der Waals surface area contributed by atoms with Crippen LogP contribution in [0.25, 0.3) is 0 Å². The number of rotatable bonds is 10. The van der Waals surface area contributed by atoms with Crippen LogP contribution in [0.1, 0.15) is 26.3 Å². The molecule has 0 aliphatic carbocycles. The van der Waals surface area contributed by atoms with Crippen LogP contribution < -0.4 is 20.1 Å². The van der Waals surface area contributed by atoms with E-state index in [0.29, 0.717) is 6.42 Å². The smallest absolute Gasteiger partial charge is 0.395 e. The highest BCUT2D eigenvalue weighted by Crippen LogP contribution is 2.14. The third-order valence-electron chi connectivity index (χ3n) is 4.82. The standard InChI is InChI=1S/C24H23FN4O7S/c25-19-7-4-16(5-8-19)10-11-26-22(31)17-2-1-3-20(14-17)37(34,35)29-23(32)18-6-9-21(28-15-18)36-24(33)27-12-13-30/h1-9,14-15,30H,10-13H2,(H,26,31)(H,27,33)(H,29,32). The summed E-state index contributed by atoms with van der Waals surface area (Å²) >= 11 is 0. The van der Waals surface area contributed by atoms with Crippen molar-refractivity contribution in [1.82, 2.24) is 20.3 Å². The molecular weight excluding hydrogens is 507 g/mol. The Morgan fingerprint density at radius 2 is 1.68 bits per heavy atom. The molecule has 3 rings (SSSR count). The SMILES string of the molecule is O=C(NCCO)Oc1ccc(C(=O)NS(=O)(=O)c2cccc(C(=O)NCCc3ccc(F)cc3)c2)cn1. The molecule has 3 aromatic rings. The number of benzene rings is 2. The van der Waals surface area contributed by atoms with Gasteiger partial charge < -0.3 is 20.5 Å². The molecule has 0 fully saturated rings. The number of ether oxygens (including phenoxy) is 1. The quantitative estimate of drug-likeness (QED) is 0.306. The molecule has 3 amide bonds. The number of sulfonamides is 1. The molecule has 1 heterocycles. The van der Waals surface area contributed by atoms with Gasteiger partial charge in [-0.1, -0.05) is 18.2 Å². The van der Waals surface area contributed by atoms with E-state index in [4.69, 9.17) is 9.84 Å². The molecule has 11 nitrogen and oxygen atoms in total. The zero-order chi connectivity index (χ0) is 26.8. The maximum atomic E-state index is 13.0. The normalized spacial score (nSPS) is 10.9. The number of aromatic nitrogens is 1. The molecule has 0 saturated heterocycles.